The van der Waals surface area contributed by atoms with E-state index in [1.165, 1.54) is 64.2 Å². The lowest BCUT2D eigenvalue weighted by molar-refractivity contribution is 0.00276. The van der Waals surface area contributed by atoms with Crippen LogP contribution >= 0.6 is 0 Å². The molecule has 7 rings (SSSR count). The molecule has 2 aromatic carbocycles. The van der Waals surface area contributed by atoms with Crippen molar-refractivity contribution in [2.24, 2.45) is 10.5 Å². The maximum Gasteiger partial charge on any atom is 0.152 e. The van der Waals surface area contributed by atoms with E-state index < -0.39 is 0 Å². The second-order valence-corrected chi connectivity index (χ2v) is 12.3. The van der Waals surface area contributed by atoms with Gasteiger partial charge in [-0.2, -0.15) is 5.10 Å². The fraction of sp³-hybridized carbons (Fsp3) is 0.455. The maximum absolute atomic E-state index is 5.23. The zero-order chi connectivity index (χ0) is 26.1. The van der Waals surface area contributed by atoms with Crippen molar-refractivity contribution in [3.05, 3.63) is 88.0 Å². The summed E-state index contributed by atoms with van der Waals surface area (Å²) in [5.41, 5.74) is 11.2. The summed E-state index contributed by atoms with van der Waals surface area (Å²) in [7, 11) is 2.16. The highest BCUT2D eigenvalue weighted by Crippen LogP contribution is 2.53. The third-order valence-corrected chi connectivity index (χ3v) is 9.85. The van der Waals surface area contributed by atoms with Crippen molar-refractivity contribution in [3.63, 3.8) is 0 Å². The number of aryl methyl sites for hydroxylation is 2. The van der Waals surface area contributed by atoms with E-state index >= 15 is 0 Å². The van der Waals surface area contributed by atoms with Crippen LogP contribution in [0.4, 0.5) is 0 Å². The van der Waals surface area contributed by atoms with Crippen LogP contribution in [-0.2, 0) is 18.4 Å². The number of hydrazone groups is 1. The van der Waals surface area contributed by atoms with Crippen molar-refractivity contribution in [2.75, 3.05) is 20.1 Å². The summed E-state index contributed by atoms with van der Waals surface area (Å²) in [5, 5.41) is 7.42. The fourth-order valence-electron chi connectivity index (χ4n) is 7.46. The van der Waals surface area contributed by atoms with Crippen LogP contribution in [-0.4, -0.2) is 45.4 Å². The van der Waals surface area contributed by atoms with E-state index in [-0.39, 0.29) is 5.54 Å². The van der Waals surface area contributed by atoms with Crippen LogP contribution in [0.5, 0.6) is 0 Å². The number of hydrogen-bond acceptors (Lipinski definition) is 4. The fourth-order valence-corrected chi connectivity index (χ4v) is 7.46. The van der Waals surface area contributed by atoms with Crippen LogP contribution in [0.3, 0.4) is 0 Å². The molecule has 2 aliphatic carbocycles. The first-order chi connectivity index (χ1) is 18.4. The van der Waals surface area contributed by atoms with Gasteiger partial charge in [-0.3, -0.25) is 5.01 Å². The third kappa shape index (κ3) is 3.58. The Labute approximate surface area is 226 Å². The molecule has 0 amide bonds. The lowest BCUT2D eigenvalue weighted by Gasteiger charge is -2.59. The molecule has 0 N–H and O–H groups in total. The Kier molecular flexibility index (Phi) is 5.37. The molecule has 196 valence electrons. The Balaban J connectivity index is 1.33. The van der Waals surface area contributed by atoms with Crippen LogP contribution in [0.1, 0.15) is 72.5 Å². The predicted octanol–water partition coefficient (Wildman–Crippen LogP) is 6.41. The number of nitrogens with zero attached hydrogens (tertiary/aromatic N) is 5. The summed E-state index contributed by atoms with van der Waals surface area (Å²) in [5.74, 6) is 1.20. The Morgan fingerprint density at radius 3 is 2.39 bits per heavy atom. The molecule has 1 unspecified atom stereocenters. The van der Waals surface area contributed by atoms with Crippen molar-refractivity contribution in [1.29, 1.82) is 0 Å². The van der Waals surface area contributed by atoms with Gasteiger partial charge in [-0.25, -0.2) is 4.98 Å². The molecule has 38 heavy (non-hydrogen) atoms. The number of benzene rings is 2. The molecular weight excluding hydrogens is 466 g/mol. The van der Waals surface area contributed by atoms with Crippen molar-refractivity contribution < 1.29 is 0 Å². The van der Waals surface area contributed by atoms with Gasteiger partial charge in [0, 0.05) is 25.5 Å². The van der Waals surface area contributed by atoms with Crippen molar-refractivity contribution in [1.82, 2.24) is 19.5 Å². The molecule has 1 spiro atoms. The van der Waals surface area contributed by atoms with Crippen molar-refractivity contribution >= 4 is 11.9 Å². The Morgan fingerprint density at radius 2 is 1.76 bits per heavy atom. The minimum atomic E-state index is -0.0597. The molecule has 5 nitrogen and oxygen atoms in total. The van der Waals surface area contributed by atoms with Gasteiger partial charge in [0.2, 0.25) is 0 Å². The highest BCUT2D eigenvalue weighted by Gasteiger charge is 2.52. The molecule has 1 saturated heterocycles. The number of amidine groups is 1. The number of imidazole rings is 1. The first-order valence-corrected chi connectivity index (χ1v) is 14.4. The van der Waals surface area contributed by atoms with Crippen LogP contribution in [0.2, 0.25) is 0 Å². The molecule has 2 fully saturated rings. The maximum atomic E-state index is 5.23. The molecule has 1 aromatic heterocycles. The first-order valence-electron chi connectivity index (χ1n) is 14.4. The van der Waals surface area contributed by atoms with Crippen LogP contribution < -0.4 is 0 Å². The summed E-state index contributed by atoms with van der Waals surface area (Å²) in [6.45, 7) is 8.65. The summed E-state index contributed by atoms with van der Waals surface area (Å²) in [6, 6.07) is 13.9. The lowest BCUT2D eigenvalue weighted by atomic mass is 9.61. The smallest absolute Gasteiger partial charge is 0.152 e. The second-order valence-electron chi connectivity index (χ2n) is 12.3. The second kappa shape index (κ2) is 8.59. The number of fused-ring (bicyclic) bond motifs is 2. The van der Waals surface area contributed by atoms with Gasteiger partial charge in [0.05, 0.1) is 24.1 Å². The van der Waals surface area contributed by atoms with Gasteiger partial charge in [-0.1, -0.05) is 49.2 Å². The topological polar surface area (TPSA) is 36.7 Å². The number of hydrogen-bond donors (Lipinski definition) is 0. The van der Waals surface area contributed by atoms with Crippen LogP contribution in [0.15, 0.2) is 59.6 Å². The van der Waals surface area contributed by atoms with E-state index in [2.05, 4.69) is 95.9 Å². The van der Waals surface area contributed by atoms with E-state index in [0.717, 1.165) is 44.5 Å². The van der Waals surface area contributed by atoms with E-state index in [0.29, 0.717) is 5.41 Å². The minimum absolute atomic E-state index is 0.0597. The Hall–Kier alpha value is -3.34. The van der Waals surface area contributed by atoms with Gasteiger partial charge in [-0.05, 0) is 97.8 Å². The highest BCUT2D eigenvalue weighted by molar-refractivity contribution is 6.04. The van der Waals surface area contributed by atoms with Gasteiger partial charge in [0.15, 0.2) is 5.84 Å². The number of likely N-dealkylation sites (N-methyl/N-ethyl adjacent to an activating group) is 1. The van der Waals surface area contributed by atoms with E-state index in [1.54, 1.807) is 0 Å². The SMILES string of the molecule is CCC1(c2ccc(C)cc2)CN(C)N=C2/C(=C/c3ccc(-n4cnc(C)c4)c4c3CC4)CC3(CCC3)CN21. The average molecular weight is 506 g/mol. The third-order valence-electron chi connectivity index (χ3n) is 9.85. The minimum Gasteiger partial charge on any atom is -0.343 e. The summed E-state index contributed by atoms with van der Waals surface area (Å²) >= 11 is 0. The molecule has 3 heterocycles. The van der Waals surface area contributed by atoms with Crippen molar-refractivity contribution in [3.8, 4) is 5.69 Å². The predicted molar refractivity (Wildman–Crippen MR) is 155 cm³/mol. The van der Waals surface area contributed by atoms with Crippen LogP contribution in [0.25, 0.3) is 11.8 Å². The van der Waals surface area contributed by atoms with Gasteiger partial charge in [0.1, 0.15) is 0 Å². The normalized spacial score (nSPS) is 24.5. The molecule has 3 aromatic rings. The standard InChI is InChI=1S/C33H39N5/c1-5-33(27-10-7-23(2)8-11-27)21-36(4)35-31-26(18-32(15-6-16-32)20-38(31)33)17-25-9-14-30(29-13-12-28(25)29)37-19-24(3)34-22-37/h7-11,14,17,19,22H,5-6,12-13,15-16,18,20-21H2,1-4H3/b26-17+. The molecule has 1 atom stereocenters. The molecule has 0 bridgehead atoms. The molecule has 4 aliphatic rings. The number of aromatic nitrogens is 2. The van der Waals surface area contributed by atoms with Gasteiger partial charge >= 0.3 is 0 Å². The quantitative estimate of drug-likeness (QED) is 0.411. The van der Waals surface area contributed by atoms with Gasteiger partial charge in [0.25, 0.3) is 0 Å². The summed E-state index contributed by atoms with van der Waals surface area (Å²) in [4.78, 5) is 7.19. The number of piperidine rings is 1. The van der Waals surface area contributed by atoms with Gasteiger partial charge < -0.3 is 9.47 Å². The van der Waals surface area contributed by atoms with E-state index in [4.69, 9.17) is 5.10 Å². The van der Waals surface area contributed by atoms with Gasteiger partial charge in [-0.15, -0.1) is 0 Å². The zero-order valence-electron chi connectivity index (χ0n) is 23.3. The highest BCUT2D eigenvalue weighted by atomic mass is 15.5. The summed E-state index contributed by atoms with van der Waals surface area (Å²) < 4.78 is 2.19. The summed E-state index contributed by atoms with van der Waals surface area (Å²) in [6.07, 6.45) is 15.1. The molecule has 5 heteroatoms. The molecule has 0 radical (unpaired) electrons. The monoisotopic (exact) mass is 505 g/mol. The van der Waals surface area contributed by atoms with Crippen molar-refractivity contribution in [2.45, 2.75) is 71.3 Å². The Morgan fingerprint density at radius 1 is 0.974 bits per heavy atom. The molecule has 1 saturated carbocycles. The lowest BCUT2D eigenvalue weighted by Crippen LogP contribution is -2.64. The molecule has 2 aliphatic heterocycles. The number of rotatable bonds is 4. The Bertz CT molecular complexity index is 1450. The van der Waals surface area contributed by atoms with E-state index in [1.807, 2.05) is 6.33 Å². The molecular formula is C33H39N5. The van der Waals surface area contributed by atoms with Crippen LogP contribution in [0, 0.1) is 19.3 Å². The first kappa shape index (κ1) is 23.8. The largest absolute Gasteiger partial charge is 0.343 e. The zero-order valence-corrected chi connectivity index (χ0v) is 23.3. The van der Waals surface area contributed by atoms with E-state index in [9.17, 15) is 0 Å². The average Bonchev–Trinajstić information content (AvgIpc) is 3.30.